The molecule has 0 radical (unpaired) electrons. The molecule has 8 nitrogen and oxygen atoms in total. The van der Waals surface area contributed by atoms with Gasteiger partial charge in [-0.05, 0) is 18.2 Å². The summed E-state index contributed by atoms with van der Waals surface area (Å²) < 4.78 is 31.9. The van der Waals surface area contributed by atoms with E-state index in [9.17, 15) is 18.3 Å². The van der Waals surface area contributed by atoms with Gasteiger partial charge in [0.05, 0.1) is 24.2 Å². The van der Waals surface area contributed by atoms with E-state index >= 15 is 0 Å². The van der Waals surface area contributed by atoms with Crippen molar-refractivity contribution in [2.45, 2.75) is 11.0 Å². The number of halogens is 1. The molecule has 0 aliphatic carbocycles. The van der Waals surface area contributed by atoms with Crippen LogP contribution in [0.15, 0.2) is 29.2 Å². The topological polar surface area (TPSA) is 108 Å². The number of amides is 1. The van der Waals surface area contributed by atoms with Gasteiger partial charge in [0.15, 0.2) is 0 Å². The lowest BCUT2D eigenvalue weighted by atomic mass is 10.1. The minimum absolute atomic E-state index is 0. The second-order valence-electron chi connectivity index (χ2n) is 6.24. The van der Waals surface area contributed by atoms with Gasteiger partial charge in [-0.25, -0.2) is 8.42 Å². The van der Waals surface area contributed by atoms with Crippen molar-refractivity contribution in [1.82, 2.24) is 14.9 Å². The average molecular weight is 406 g/mol. The zero-order valence-corrected chi connectivity index (χ0v) is 15.9. The van der Waals surface area contributed by atoms with Crippen molar-refractivity contribution in [3.8, 4) is 0 Å². The number of nitrogens with zero attached hydrogens (tertiary/aromatic N) is 1. The standard InChI is InChI=1S/C16H23N3O5S.ClH/c20-15-11-17-9-13(15)10-18-16(21)12-2-1-3-14(8-12)25(22,23)19-4-6-24-7-5-19;/h1-3,8,13,15,17,20H,4-7,9-11H2,(H,18,21);1H. The maximum Gasteiger partial charge on any atom is 0.251 e. The van der Waals surface area contributed by atoms with E-state index in [1.54, 1.807) is 12.1 Å². The van der Waals surface area contributed by atoms with E-state index in [0.29, 0.717) is 45.9 Å². The van der Waals surface area contributed by atoms with Crippen molar-refractivity contribution in [3.05, 3.63) is 29.8 Å². The van der Waals surface area contributed by atoms with Crippen LogP contribution >= 0.6 is 12.4 Å². The van der Waals surface area contributed by atoms with Crippen molar-refractivity contribution in [1.29, 1.82) is 0 Å². The zero-order valence-electron chi connectivity index (χ0n) is 14.3. The number of carbonyl (C=O) groups is 1. The highest BCUT2D eigenvalue weighted by molar-refractivity contribution is 7.89. The van der Waals surface area contributed by atoms with Crippen LogP contribution in [0, 0.1) is 5.92 Å². The Morgan fingerprint density at radius 3 is 2.69 bits per heavy atom. The number of hydrogen-bond acceptors (Lipinski definition) is 6. The molecule has 2 aliphatic heterocycles. The Morgan fingerprint density at radius 1 is 1.31 bits per heavy atom. The monoisotopic (exact) mass is 405 g/mol. The molecular weight excluding hydrogens is 382 g/mol. The summed E-state index contributed by atoms with van der Waals surface area (Å²) in [4.78, 5) is 12.4. The van der Waals surface area contributed by atoms with Crippen LogP contribution in [0.25, 0.3) is 0 Å². The number of benzene rings is 1. The lowest BCUT2D eigenvalue weighted by molar-refractivity contribution is 0.0730. The van der Waals surface area contributed by atoms with Gasteiger partial charge < -0.3 is 20.5 Å². The normalized spacial score (nSPS) is 24.0. The Morgan fingerprint density at radius 2 is 2.04 bits per heavy atom. The van der Waals surface area contributed by atoms with Gasteiger partial charge in [0.25, 0.3) is 5.91 Å². The first-order valence-electron chi connectivity index (χ1n) is 8.33. The van der Waals surface area contributed by atoms with Crippen LogP contribution in [0.1, 0.15) is 10.4 Å². The molecule has 0 spiro atoms. The van der Waals surface area contributed by atoms with Crippen LogP contribution in [-0.2, 0) is 14.8 Å². The Labute approximate surface area is 159 Å². The van der Waals surface area contributed by atoms with Gasteiger partial charge in [0.1, 0.15) is 0 Å². The minimum atomic E-state index is -3.63. The van der Waals surface area contributed by atoms with Crippen molar-refractivity contribution in [2.24, 2.45) is 5.92 Å². The lowest BCUT2D eigenvalue weighted by Crippen LogP contribution is -2.40. The summed E-state index contributed by atoms with van der Waals surface area (Å²) in [5.74, 6) is -0.387. The van der Waals surface area contributed by atoms with E-state index in [4.69, 9.17) is 4.74 Å². The summed E-state index contributed by atoms with van der Waals surface area (Å²) in [5, 5.41) is 15.6. The summed E-state index contributed by atoms with van der Waals surface area (Å²) >= 11 is 0. The Bertz CT molecular complexity index is 724. The molecule has 1 aromatic carbocycles. The number of hydrogen-bond donors (Lipinski definition) is 3. The molecular formula is C16H24ClN3O5S. The number of aliphatic hydroxyl groups excluding tert-OH is 1. The third kappa shape index (κ3) is 4.73. The molecule has 10 heteroatoms. The predicted molar refractivity (Wildman–Crippen MR) is 98.0 cm³/mol. The number of sulfonamides is 1. The molecule has 3 N–H and O–H groups in total. The summed E-state index contributed by atoms with van der Waals surface area (Å²) in [6, 6.07) is 6.03. The number of β-amino-alcohol motifs (C(OH)–C–C–N with tert-alkyl or cyclic N) is 1. The number of aliphatic hydroxyl groups is 1. The Kier molecular flexibility index (Phi) is 7.39. The average Bonchev–Trinajstić information content (AvgIpc) is 3.05. The van der Waals surface area contributed by atoms with Gasteiger partial charge in [-0.1, -0.05) is 6.07 Å². The number of ether oxygens (including phenoxy) is 1. The van der Waals surface area contributed by atoms with Crippen molar-refractivity contribution >= 4 is 28.3 Å². The number of nitrogens with one attached hydrogen (secondary N) is 2. The molecule has 3 rings (SSSR count). The first-order chi connectivity index (χ1) is 12.0. The van der Waals surface area contributed by atoms with Gasteiger partial charge in [-0.3, -0.25) is 4.79 Å². The SMILES string of the molecule is Cl.O=C(NCC1CNCC1O)c1cccc(S(=O)(=O)N2CCOCC2)c1. The van der Waals surface area contributed by atoms with E-state index < -0.39 is 16.1 Å². The third-order valence-electron chi connectivity index (χ3n) is 4.53. The summed E-state index contributed by atoms with van der Waals surface area (Å²) in [5.41, 5.74) is 0.287. The highest BCUT2D eigenvalue weighted by Gasteiger charge is 2.28. The van der Waals surface area contributed by atoms with E-state index in [1.807, 2.05) is 0 Å². The molecule has 2 aliphatic rings. The second-order valence-corrected chi connectivity index (χ2v) is 8.18. The van der Waals surface area contributed by atoms with Crippen molar-refractivity contribution in [3.63, 3.8) is 0 Å². The molecule has 146 valence electrons. The molecule has 26 heavy (non-hydrogen) atoms. The molecule has 2 heterocycles. The maximum atomic E-state index is 12.7. The Balaban J connectivity index is 0.00000243. The van der Waals surface area contributed by atoms with Crippen LogP contribution in [0.4, 0.5) is 0 Å². The van der Waals surface area contributed by atoms with Gasteiger partial charge in [-0.15, -0.1) is 12.4 Å². The van der Waals surface area contributed by atoms with E-state index in [2.05, 4.69) is 10.6 Å². The molecule has 1 amide bonds. The highest BCUT2D eigenvalue weighted by atomic mass is 35.5. The first-order valence-corrected chi connectivity index (χ1v) is 9.77. The van der Waals surface area contributed by atoms with Crippen LogP contribution in [-0.4, -0.2) is 75.8 Å². The van der Waals surface area contributed by atoms with Crippen LogP contribution in [0.3, 0.4) is 0 Å². The van der Waals surface area contributed by atoms with Crippen LogP contribution < -0.4 is 10.6 Å². The molecule has 1 aromatic rings. The third-order valence-corrected chi connectivity index (χ3v) is 6.43. The van der Waals surface area contributed by atoms with Gasteiger partial charge in [0.2, 0.25) is 10.0 Å². The van der Waals surface area contributed by atoms with Crippen molar-refractivity contribution < 1.29 is 23.1 Å². The fourth-order valence-electron chi connectivity index (χ4n) is 2.99. The number of morpholine rings is 1. The van der Waals surface area contributed by atoms with Gasteiger partial charge in [-0.2, -0.15) is 4.31 Å². The van der Waals surface area contributed by atoms with E-state index in [0.717, 1.165) is 0 Å². The van der Waals surface area contributed by atoms with Crippen molar-refractivity contribution in [2.75, 3.05) is 45.9 Å². The molecule has 0 saturated carbocycles. The summed E-state index contributed by atoms with van der Waals surface area (Å²) in [6.45, 7) is 2.87. The molecule has 2 fully saturated rings. The summed E-state index contributed by atoms with van der Waals surface area (Å²) in [7, 11) is -3.63. The first kappa shape index (κ1) is 21.1. The molecule has 2 unspecified atom stereocenters. The molecule has 0 aromatic heterocycles. The van der Waals surface area contributed by atoms with Gasteiger partial charge >= 0.3 is 0 Å². The zero-order chi connectivity index (χ0) is 17.9. The smallest absolute Gasteiger partial charge is 0.251 e. The predicted octanol–water partition coefficient (Wildman–Crippen LogP) is -0.561. The van der Waals surface area contributed by atoms with Crippen LogP contribution in [0.2, 0.25) is 0 Å². The number of rotatable bonds is 5. The Hall–Kier alpha value is -1.23. The fraction of sp³-hybridized carbons (Fsp3) is 0.562. The minimum Gasteiger partial charge on any atom is -0.391 e. The largest absolute Gasteiger partial charge is 0.391 e. The molecule has 2 atom stereocenters. The van der Waals surface area contributed by atoms with Gasteiger partial charge in [0, 0.05) is 44.2 Å². The quantitative estimate of drug-likeness (QED) is 0.606. The summed E-state index contributed by atoms with van der Waals surface area (Å²) in [6.07, 6.45) is -0.478. The van der Waals surface area contributed by atoms with E-state index in [1.165, 1.54) is 16.4 Å². The highest BCUT2D eigenvalue weighted by Crippen LogP contribution is 2.18. The number of carbonyl (C=O) groups excluding carboxylic acids is 1. The fourth-order valence-corrected chi connectivity index (χ4v) is 4.44. The second kappa shape index (κ2) is 9.12. The molecule has 2 saturated heterocycles. The lowest BCUT2D eigenvalue weighted by Gasteiger charge is -2.26. The molecule has 0 bridgehead atoms. The maximum absolute atomic E-state index is 12.7. The van der Waals surface area contributed by atoms with E-state index in [-0.39, 0.29) is 34.7 Å². The van der Waals surface area contributed by atoms with Crippen LogP contribution in [0.5, 0.6) is 0 Å².